The largest absolute Gasteiger partial charge is 0.464 e. The average Bonchev–Trinajstić information content (AvgIpc) is 2.59. The number of hydrogen-bond donors (Lipinski definition) is 0. The predicted molar refractivity (Wildman–Crippen MR) is 99.1 cm³/mol. The summed E-state index contributed by atoms with van der Waals surface area (Å²) < 4.78 is 5.35. The van der Waals surface area contributed by atoms with Crippen molar-refractivity contribution in [2.75, 3.05) is 24.4 Å². The second kappa shape index (κ2) is 9.03. The van der Waals surface area contributed by atoms with Gasteiger partial charge in [-0.15, -0.1) is 0 Å². The number of thioether (sulfide) groups is 2. The Hall–Kier alpha value is -1.60. The molecular weight excluding hydrogens is 342 g/mol. The van der Waals surface area contributed by atoms with Gasteiger partial charge in [-0.3, -0.25) is 9.78 Å². The van der Waals surface area contributed by atoms with Gasteiger partial charge in [0.15, 0.2) is 5.16 Å². The van der Waals surface area contributed by atoms with E-state index >= 15 is 0 Å². The highest BCUT2D eigenvalue weighted by atomic mass is 32.2. The van der Waals surface area contributed by atoms with Gasteiger partial charge in [0, 0.05) is 23.6 Å². The molecule has 0 aliphatic heterocycles. The third-order valence-corrected chi connectivity index (χ3v) is 4.94. The maximum absolute atomic E-state index is 11.9. The van der Waals surface area contributed by atoms with Gasteiger partial charge in [0.2, 0.25) is 0 Å². The van der Waals surface area contributed by atoms with E-state index in [2.05, 4.69) is 28.8 Å². The maximum Gasteiger partial charge on any atom is 0.316 e. The molecule has 0 atom stereocenters. The van der Waals surface area contributed by atoms with Gasteiger partial charge in [-0.2, -0.15) is 11.8 Å². The van der Waals surface area contributed by atoms with Crippen molar-refractivity contribution in [1.82, 2.24) is 15.0 Å². The standard InChI is InChI=1S/C17H21N3O2S2/c1-17(2,12-23-3)11-22-15(21)10-24-16-19-9-7-14(20-16)13-6-4-5-8-18-13/h4-9H,10-12H2,1-3H3. The molecule has 7 heteroatoms. The molecule has 2 rings (SSSR count). The van der Waals surface area contributed by atoms with Crippen molar-refractivity contribution in [1.29, 1.82) is 0 Å². The maximum atomic E-state index is 11.9. The first-order chi connectivity index (χ1) is 11.5. The first kappa shape index (κ1) is 18.7. The van der Waals surface area contributed by atoms with Crippen molar-refractivity contribution < 1.29 is 9.53 Å². The number of aromatic nitrogens is 3. The number of esters is 1. The van der Waals surface area contributed by atoms with Crippen LogP contribution in [0.3, 0.4) is 0 Å². The van der Waals surface area contributed by atoms with Gasteiger partial charge in [-0.05, 0) is 24.5 Å². The minimum atomic E-state index is -0.249. The highest BCUT2D eigenvalue weighted by molar-refractivity contribution is 7.99. The summed E-state index contributed by atoms with van der Waals surface area (Å²) in [5.41, 5.74) is 1.50. The molecule has 0 fully saturated rings. The first-order valence-corrected chi connectivity index (χ1v) is 9.90. The van der Waals surface area contributed by atoms with Crippen molar-refractivity contribution in [2.45, 2.75) is 19.0 Å². The normalized spacial score (nSPS) is 11.3. The Bertz CT molecular complexity index is 666. The highest BCUT2D eigenvalue weighted by Crippen LogP contribution is 2.22. The van der Waals surface area contributed by atoms with E-state index in [1.165, 1.54) is 11.8 Å². The van der Waals surface area contributed by atoms with E-state index in [1.54, 1.807) is 30.2 Å². The quantitative estimate of drug-likeness (QED) is 0.403. The van der Waals surface area contributed by atoms with Crippen LogP contribution in [-0.2, 0) is 9.53 Å². The Labute approximate surface area is 151 Å². The predicted octanol–water partition coefficient (Wildman–Crippen LogP) is 3.56. The van der Waals surface area contributed by atoms with E-state index in [9.17, 15) is 4.79 Å². The van der Waals surface area contributed by atoms with Crippen LogP contribution in [0, 0.1) is 5.41 Å². The van der Waals surface area contributed by atoms with Crippen molar-refractivity contribution in [2.24, 2.45) is 5.41 Å². The average molecular weight is 364 g/mol. The third-order valence-electron chi connectivity index (χ3n) is 3.04. The van der Waals surface area contributed by atoms with Crippen LogP contribution in [0.5, 0.6) is 0 Å². The SMILES string of the molecule is CSCC(C)(C)COC(=O)CSc1nccc(-c2ccccn2)n1. The molecule has 0 unspecified atom stereocenters. The molecule has 0 saturated heterocycles. The minimum absolute atomic E-state index is 0.0187. The molecule has 0 bridgehead atoms. The van der Waals surface area contributed by atoms with E-state index in [-0.39, 0.29) is 17.1 Å². The van der Waals surface area contributed by atoms with E-state index in [4.69, 9.17) is 4.74 Å². The Morgan fingerprint density at radius 3 is 2.71 bits per heavy atom. The Morgan fingerprint density at radius 1 is 1.17 bits per heavy atom. The summed E-state index contributed by atoms with van der Waals surface area (Å²) in [6, 6.07) is 7.45. The summed E-state index contributed by atoms with van der Waals surface area (Å²) in [4.78, 5) is 24.8. The lowest BCUT2D eigenvalue weighted by atomic mass is 9.98. The molecule has 0 aromatic carbocycles. The monoisotopic (exact) mass is 363 g/mol. The minimum Gasteiger partial charge on any atom is -0.464 e. The second-order valence-electron chi connectivity index (χ2n) is 5.99. The lowest BCUT2D eigenvalue weighted by Crippen LogP contribution is -2.25. The molecule has 0 aliphatic rings. The third kappa shape index (κ3) is 6.13. The number of nitrogens with zero attached hydrogens (tertiary/aromatic N) is 3. The first-order valence-electron chi connectivity index (χ1n) is 7.52. The lowest BCUT2D eigenvalue weighted by molar-refractivity contribution is -0.143. The zero-order chi connectivity index (χ0) is 17.4. The van der Waals surface area contributed by atoms with Gasteiger partial charge in [0.1, 0.15) is 0 Å². The van der Waals surface area contributed by atoms with Crippen LogP contribution >= 0.6 is 23.5 Å². The van der Waals surface area contributed by atoms with Crippen LogP contribution in [0.1, 0.15) is 13.8 Å². The fraction of sp³-hybridized carbons (Fsp3) is 0.412. The number of carbonyl (C=O) groups is 1. The smallest absolute Gasteiger partial charge is 0.316 e. The molecule has 128 valence electrons. The highest BCUT2D eigenvalue weighted by Gasteiger charge is 2.20. The Balaban J connectivity index is 1.87. The van der Waals surface area contributed by atoms with Crippen LogP contribution in [0.4, 0.5) is 0 Å². The fourth-order valence-corrected chi connectivity index (χ4v) is 3.43. The summed E-state index contributed by atoms with van der Waals surface area (Å²) in [6.45, 7) is 4.59. The summed E-state index contributed by atoms with van der Waals surface area (Å²) in [5.74, 6) is 0.893. The summed E-state index contributed by atoms with van der Waals surface area (Å²) in [6.07, 6.45) is 5.44. The zero-order valence-electron chi connectivity index (χ0n) is 14.1. The van der Waals surface area contributed by atoms with Crippen LogP contribution in [0.15, 0.2) is 41.8 Å². The fourth-order valence-electron chi connectivity index (χ4n) is 1.94. The summed E-state index contributed by atoms with van der Waals surface area (Å²) >= 11 is 3.02. The lowest BCUT2D eigenvalue weighted by Gasteiger charge is -2.22. The van der Waals surface area contributed by atoms with Crippen molar-refractivity contribution in [3.63, 3.8) is 0 Å². The van der Waals surface area contributed by atoms with E-state index in [1.807, 2.05) is 24.5 Å². The van der Waals surface area contributed by atoms with Gasteiger partial charge in [0.05, 0.1) is 23.7 Å². The van der Waals surface area contributed by atoms with Gasteiger partial charge < -0.3 is 4.74 Å². The van der Waals surface area contributed by atoms with E-state index in [0.29, 0.717) is 11.8 Å². The number of carbonyl (C=O) groups excluding carboxylic acids is 1. The van der Waals surface area contributed by atoms with Crippen LogP contribution in [0.2, 0.25) is 0 Å². The van der Waals surface area contributed by atoms with Gasteiger partial charge in [0.25, 0.3) is 0 Å². The number of pyridine rings is 1. The molecule has 0 saturated carbocycles. The van der Waals surface area contributed by atoms with Crippen LogP contribution in [0.25, 0.3) is 11.4 Å². The second-order valence-corrected chi connectivity index (χ2v) is 7.79. The summed E-state index contributed by atoms with van der Waals surface area (Å²) in [5, 5.41) is 0.540. The van der Waals surface area contributed by atoms with E-state index in [0.717, 1.165) is 17.1 Å². The van der Waals surface area contributed by atoms with Crippen LogP contribution < -0.4 is 0 Å². The van der Waals surface area contributed by atoms with Crippen molar-refractivity contribution >= 4 is 29.5 Å². The van der Waals surface area contributed by atoms with E-state index < -0.39 is 0 Å². The molecule has 0 spiro atoms. The van der Waals surface area contributed by atoms with Crippen molar-refractivity contribution in [3.8, 4) is 11.4 Å². The van der Waals surface area contributed by atoms with Gasteiger partial charge in [-0.1, -0.05) is 31.7 Å². The number of ether oxygens (including phenoxy) is 1. The van der Waals surface area contributed by atoms with Crippen molar-refractivity contribution in [3.05, 3.63) is 36.7 Å². The molecule has 0 aliphatic carbocycles. The molecule has 0 amide bonds. The number of rotatable bonds is 8. The number of hydrogen-bond acceptors (Lipinski definition) is 7. The molecular formula is C17H21N3O2S2. The molecule has 0 radical (unpaired) electrons. The molecule has 2 aromatic heterocycles. The Morgan fingerprint density at radius 2 is 2.00 bits per heavy atom. The van der Waals surface area contributed by atoms with Crippen LogP contribution in [-0.4, -0.2) is 45.3 Å². The molecule has 2 aromatic rings. The van der Waals surface area contributed by atoms with Gasteiger partial charge >= 0.3 is 5.97 Å². The zero-order valence-corrected chi connectivity index (χ0v) is 15.7. The topological polar surface area (TPSA) is 65.0 Å². The summed E-state index contributed by atoms with van der Waals surface area (Å²) in [7, 11) is 0. The Kier molecular flexibility index (Phi) is 7.05. The molecule has 2 heterocycles. The molecule has 24 heavy (non-hydrogen) atoms. The molecule has 5 nitrogen and oxygen atoms in total. The van der Waals surface area contributed by atoms with Gasteiger partial charge in [-0.25, -0.2) is 9.97 Å². The molecule has 0 N–H and O–H groups in total.